The Hall–Kier alpha value is -1.22. The highest BCUT2D eigenvalue weighted by Crippen LogP contribution is 1.75. The Morgan fingerprint density at radius 3 is 2.40 bits per heavy atom. The SMILES string of the molecule is O=C(CO)[n+]1ccccc1. The van der Waals surface area contributed by atoms with Gasteiger partial charge in [-0.2, -0.15) is 0 Å². The maximum absolute atomic E-state index is 10.7. The van der Waals surface area contributed by atoms with Crippen molar-refractivity contribution in [3.05, 3.63) is 30.6 Å². The quantitative estimate of drug-likeness (QED) is 0.537. The molecule has 0 radical (unpaired) electrons. The molecular weight excluding hydrogens is 130 g/mol. The fraction of sp³-hybridized carbons (Fsp3) is 0.143. The van der Waals surface area contributed by atoms with Crippen molar-refractivity contribution in [2.75, 3.05) is 6.61 Å². The molecule has 0 aliphatic carbocycles. The maximum Gasteiger partial charge on any atom is 0.417 e. The number of hydrogen-bond acceptors (Lipinski definition) is 2. The summed E-state index contributed by atoms with van der Waals surface area (Å²) in [4.78, 5) is 10.7. The molecule has 10 heavy (non-hydrogen) atoms. The molecule has 3 nitrogen and oxygen atoms in total. The van der Waals surface area contributed by atoms with E-state index in [-0.39, 0.29) is 5.91 Å². The van der Waals surface area contributed by atoms with Gasteiger partial charge in [-0.15, -0.1) is 4.57 Å². The first-order chi connectivity index (χ1) is 4.84. The van der Waals surface area contributed by atoms with Crippen molar-refractivity contribution < 1.29 is 14.5 Å². The van der Waals surface area contributed by atoms with Gasteiger partial charge in [-0.1, -0.05) is 6.07 Å². The third kappa shape index (κ3) is 1.39. The Morgan fingerprint density at radius 1 is 1.30 bits per heavy atom. The van der Waals surface area contributed by atoms with E-state index in [4.69, 9.17) is 5.11 Å². The van der Waals surface area contributed by atoms with Crippen LogP contribution >= 0.6 is 0 Å². The van der Waals surface area contributed by atoms with Gasteiger partial charge in [-0.05, 0) is 0 Å². The molecule has 1 aromatic rings. The number of carbonyl (C=O) groups excluding carboxylic acids is 1. The van der Waals surface area contributed by atoms with Gasteiger partial charge < -0.3 is 5.11 Å². The molecule has 0 saturated heterocycles. The highest BCUT2D eigenvalue weighted by molar-refractivity contribution is 5.67. The van der Waals surface area contributed by atoms with Gasteiger partial charge in [-0.3, -0.25) is 0 Å². The zero-order valence-corrected chi connectivity index (χ0v) is 5.40. The van der Waals surface area contributed by atoms with Crippen LogP contribution in [0.15, 0.2) is 30.6 Å². The van der Waals surface area contributed by atoms with Crippen LogP contribution in [0.1, 0.15) is 4.79 Å². The standard InChI is InChI=1S/C7H8NO2/c9-6-7(10)8-4-2-1-3-5-8/h1-5,9H,6H2/q+1. The van der Waals surface area contributed by atoms with E-state index >= 15 is 0 Å². The molecule has 1 rings (SSSR count). The lowest BCUT2D eigenvalue weighted by Crippen LogP contribution is -2.43. The molecule has 0 aliphatic heterocycles. The van der Waals surface area contributed by atoms with Gasteiger partial charge in [0.15, 0.2) is 19.0 Å². The Bertz CT molecular complexity index is 220. The second-order valence-corrected chi connectivity index (χ2v) is 1.83. The van der Waals surface area contributed by atoms with Gasteiger partial charge in [0.05, 0.1) is 0 Å². The number of nitrogens with zero attached hydrogens (tertiary/aromatic N) is 1. The average molecular weight is 138 g/mol. The van der Waals surface area contributed by atoms with E-state index in [1.807, 2.05) is 0 Å². The van der Waals surface area contributed by atoms with E-state index in [0.29, 0.717) is 0 Å². The monoisotopic (exact) mass is 138 g/mol. The Labute approximate surface area is 58.5 Å². The van der Waals surface area contributed by atoms with Gasteiger partial charge in [-0.25, -0.2) is 4.79 Å². The van der Waals surface area contributed by atoms with Crippen molar-refractivity contribution in [1.29, 1.82) is 0 Å². The van der Waals surface area contributed by atoms with Gasteiger partial charge in [0.1, 0.15) is 0 Å². The zero-order chi connectivity index (χ0) is 7.40. The first-order valence-corrected chi connectivity index (χ1v) is 2.95. The van der Waals surface area contributed by atoms with Crippen molar-refractivity contribution >= 4 is 5.91 Å². The topological polar surface area (TPSA) is 41.2 Å². The summed E-state index contributed by atoms with van der Waals surface area (Å²) in [5.74, 6) is -0.319. The highest BCUT2D eigenvalue weighted by atomic mass is 16.3. The van der Waals surface area contributed by atoms with E-state index in [9.17, 15) is 4.79 Å². The third-order valence-corrected chi connectivity index (χ3v) is 1.14. The number of hydrogen-bond donors (Lipinski definition) is 1. The van der Waals surface area contributed by atoms with Crippen molar-refractivity contribution in [2.45, 2.75) is 0 Å². The molecule has 1 aromatic heterocycles. The molecule has 0 amide bonds. The van der Waals surface area contributed by atoms with Crippen LogP contribution in [0.3, 0.4) is 0 Å². The van der Waals surface area contributed by atoms with E-state index in [1.54, 1.807) is 30.6 Å². The summed E-state index contributed by atoms with van der Waals surface area (Å²) < 4.78 is 1.33. The van der Waals surface area contributed by atoms with Crippen LogP contribution in [0.25, 0.3) is 0 Å². The van der Waals surface area contributed by atoms with Gasteiger partial charge in [0.2, 0.25) is 0 Å². The molecule has 1 N–H and O–H groups in total. The average Bonchev–Trinajstić information content (AvgIpc) is 2.05. The van der Waals surface area contributed by atoms with Crippen molar-refractivity contribution in [3.8, 4) is 0 Å². The molecule has 0 fully saturated rings. The summed E-state index contributed by atoms with van der Waals surface area (Å²) in [6.45, 7) is -0.450. The summed E-state index contributed by atoms with van der Waals surface area (Å²) in [6, 6.07) is 5.27. The number of pyridine rings is 1. The minimum absolute atomic E-state index is 0.319. The summed E-state index contributed by atoms with van der Waals surface area (Å²) in [5.41, 5.74) is 0. The Balaban J connectivity index is 2.85. The first kappa shape index (κ1) is 6.89. The molecule has 0 unspecified atom stereocenters. The van der Waals surface area contributed by atoms with Crippen LogP contribution in [0.2, 0.25) is 0 Å². The van der Waals surface area contributed by atoms with Gasteiger partial charge >= 0.3 is 5.91 Å². The summed E-state index contributed by atoms with van der Waals surface area (Å²) in [6.07, 6.45) is 3.19. The van der Waals surface area contributed by atoms with Crippen LogP contribution in [-0.4, -0.2) is 17.6 Å². The lowest BCUT2D eigenvalue weighted by atomic mass is 10.5. The Kier molecular flexibility index (Phi) is 2.12. The predicted molar refractivity (Wildman–Crippen MR) is 34.3 cm³/mol. The van der Waals surface area contributed by atoms with E-state index < -0.39 is 6.61 Å². The molecule has 1 heterocycles. The molecule has 52 valence electrons. The summed E-state index contributed by atoms with van der Waals surface area (Å²) >= 11 is 0. The smallest absolute Gasteiger partial charge is 0.382 e. The molecule has 0 bridgehead atoms. The molecule has 0 atom stereocenters. The van der Waals surface area contributed by atoms with Crippen molar-refractivity contribution in [1.82, 2.24) is 0 Å². The molecule has 0 saturated carbocycles. The molecule has 0 aliphatic rings. The largest absolute Gasteiger partial charge is 0.417 e. The summed E-state index contributed by atoms with van der Waals surface area (Å²) in [5, 5.41) is 8.42. The highest BCUT2D eigenvalue weighted by Gasteiger charge is 2.08. The molecular formula is C7H8NO2+. The molecule has 3 heteroatoms. The van der Waals surface area contributed by atoms with E-state index in [0.717, 1.165) is 0 Å². The first-order valence-electron chi connectivity index (χ1n) is 2.95. The van der Waals surface area contributed by atoms with Crippen LogP contribution in [0.5, 0.6) is 0 Å². The van der Waals surface area contributed by atoms with Crippen molar-refractivity contribution in [3.63, 3.8) is 0 Å². The van der Waals surface area contributed by atoms with Gasteiger partial charge in [0.25, 0.3) is 0 Å². The number of aromatic nitrogens is 1. The van der Waals surface area contributed by atoms with E-state index in [2.05, 4.69) is 0 Å². The predicted octanol–water partition coefficient (Wildman–Crippen LogP) is -0.393. The second kappa shape index (κ2) is 3.08. The van der Waals surface area contributed by atoms with Crippen LogP contribution in [-0.2, 0) is 0 Å². The Morgan fingerprint density at radius 2 is 1.90 bits per heavy atom. The second-order valence-electron chi connectivity index (χ2n) is 1.83. The van der Waals surface area contributed by atoms with Gasteiger partial charge in [0, 0.05) is 12.1 Å². The minimum Gasteiger partial charge on any atom is -0.382 e. The minimum atomic E-state index is -0.450. The van der Waals surface area contributed by atoms with Crippen molar-refractivity contribution in [2.24, 2.45) is 0 Å². The lowest BCUT2D eigenvalue weighted by Gasteiger charge is -1.86. The number of aliphatic hydroxyl groups excluding tert-OH is 1. The molecule has 0 aromatic carbocycles. The van der Waals surface area contributed by atoms with Crippen LogP contribution < -0.4 is 4.57 Å². The molecule has 0 spiro atoms. The number of rotatable bonds is 1. The normalized spacial score (nSPS) is 9.30. The third-order valence-electron chi connectivity index (χ3n) is 1.14. The maximum atomic E-state index is 10.7. The fourth-order valence-corrected chi connectivity index (χ4v) is 0.647. The fourth-order valence-electron chi connectivity index (χ4n) is 0.647. The zero-order valence-electron chi connectivity index (χ0n) is 5.40. The number of carbonyl (C=O) groups is 1. The van der Waals surface area contributed by atoms with Crippen LogP contribution in [0.4, 0.5) is 0 Å². The summed E-state index contributed by atoms with van der Waals surface area (Å²) in [7, 11) is 0. The number of aliphatic hydroxyl groups is 1. The lowest BCUT2D eigenvalue weighted by molar-refractivity contribution is -0.575. The van der Waals surface area contributed by atoms with E-state index in [1.165, 1.54) is 4.57 Å². The van der Waals surface area contributed by atoms with Crippen LogP contribution in [0, 0.1) is 0 Å².